The van der Waals surface area contributed by atoms with Crippen molar-refractivity contribution in [1.82, 2.24) is 10.2 Å². The molecule has 1 aromatic carbocycles. The normalized spacial score (nSPS) is 10.7. The van der Waals surface area contributed by atoms with Crippen molar-refractivity contribution in [2.75, 3.05) is 11.1 Å². The van der Waals surface area contributed by atoms with Gasteiger partial charge in [0.15, 0.2) is 0 Å². The molecular formula is C14H9ClFN3O2S2. The van der Waals surface area contributed by atoms with Gasteiger partial charge in [0.25, 0.3) is 11.1 Å². The van der Waals surface area contributed by atoms with Crippen LogP contribution in [0, 0.1) is 5.82 Å². The molecule has 3 aromatic rings. The first-order chi connectivity index (χ1) is 11.1. The average molecular weight is 370 g/mol. The van der Waals surface area contributed by atoms with E-state index in [9.17, 15) is 9.18 Å². The smallest absolute Gasteiger partial charge is 0.277 e. The van der Waals surface area contributed by atoms with Gasteiger partial charge in [0.2, 0.25) is 5.91 Å². The number of thioether (sulfide) groups is 1. The number of aromatic nitrogens is 2. The summed E-state index contributed by atoms with van der Waals surface area (Å²) in [6.45, 7) is 0. The molecule has 0 aliphatic rings. The highest BCUT2D eigenvalue weighted by molar-refractivity contribution is 7.99. The molecule has 0 saturated heterocycles. The van der Waals surface area contributed by atoms with Gasteiger partial charge in [-0.25, -0.2) is 4.39 Å². The highest BCUT2D eigenvalue weighted by Gasteiger charge is 2.13. The zero-order valence-corrected chi connectivity index (χ0v) is 13.8. The second-order valence-electron chi connectivity index (χ2n) is 4.32. The van der Waals surface area contributed by atoms with Gasteiger partial charge in [-0.05, 0) is 36.4 Å². The lowest BCUT2D eigenvalue weighted by Gasteiger charge is -2.03. The fourth-order valence-electron chi connectivity index (χ4n) is 1.65. The molecule has 9 heteroatoms. The number of thiophene rings is 1. The van der Waals surface area contributed by atoms with E-state index in [1.165, 1.54) is 35.6 Å². The van der Waals surface area contributed by atoms with Crippen LogP contribution in [-0.4, -0.2) is 21.9 Å². The van der Waals surface area contributed by atoms with Crippen LogP contribution >= 0.6 is 34.7 Å². The van der Waals surface area contributed by atoms with E-state index >= 15 is 0 Å². The van der Waals surface area contributed by atoms with Crippen molar-refractivity contribution in [3.63, 3.8) is 0 Å². The van der Waals surface area contributed by atoms with Gasteiger partial charge in [-0.2, -0.15) is 0 Å². The van der Waals surface area contributed by atoms with Crippen molar-refractivity contribution in [1.29, 1.82) is 0 Å². The maximum atomic E-state index is 12.8. The molecule has 1 N–H and O–H groups in total. The number of hydrogen-bond donors (Lipinski definition) is 1. The van der Waals surface area contributed by atoms with E-state index in [1.54, 1.807) is 12.1 Å². The van der Waals surface area contributed by atoms with Gasteiger partial charge in [0.1, 0.15) is 5.82 Å². The van der Waals surface area contributed by atoms with E-state index in [4.69, 9.17) is 16.0 Å². The second kappa shape index (κ2) is 7.12. The summed E-state index contributed by atoms with van der Waals surface area (Å²) in [6.07, 6.45) is 0. The summed E-state index contributed by atoms with van der Waals surface area (Å²) >= 11 is 8.30. The quantitative estimate of drug-likeness (QED) is 0.678. The summed E-state index contributed by atoms with van der Waals surface area (Å²) < 4.78 is 18.9. The molecule has 3 rings (SSSR count). The summed E-state index contributed by atoms with van der Waals surface area (Å²) in [5.74, 6) is -0.141. The van der Waals surface area contributed by atoms with E-state index in [0.717, 1.165) is 16.6 Å². The maximum absolute atomic E-state index is 12.8. The van der Waals surface area contributed by atoms with E-state index in [-0.39, 0.29) is 17.5 Å². The van der Waals surface area contributed by atoms with Crippen LogP contribution in [-0.2, 0) is 4.79 Å². The van der Waals surface area contributed by atoms with Gasteiger partial charge in [-0.1, -0.05) is 23.4 Å². The molecule has 0 fully saturated rings. The maximum Gasteiger partial charge on any atom is 0.277 e. The Morgan fingerprint density at radius 2 is 2.04 bits per heavy atom. The molecule has 0 aliphatic heterocycles. The Balaban J connectivity index is 1.55. The fourth-order valence-corrected chi connectivity index (χ4v) is 3.18. The number of carbonyl (C=O) groups excluding carboxylic acids is 1. The SMILES string of the molecule is O=C(CSc1nnc(-c2ccc(Cl)s2)o1)Nc1ccc(F)cc1. The third-order valence-electron chi connectivity index (χ3n) is 2.65. The van der Waals surface area contributed by atoms with Crippen molar-refractivity contribution in [2.24, 2.45) is 0 Å². The number of rotatable bonds is 5. The van der Waals surface area contributed by atoms with Gasteiger partial charge in [-0.3, -0.25) is 4.79 Å². The highest BCUT2D eigenvalue weighted by Crippen LogP contribution is 2.31. The first kappa shape index (κ1) is 16.0. The summed E-state index contributed by atoms with van der Waals surface area (Å²) in [6, 6.07) is 9.07. The lowest BCUT2D eigenvalue weighted by molar-refractivity contribution is -0.113. The number of nitrogens with one attached hydrogen (secondary N) is 1. The minimum atomic E-state index is -0.357. The van der Waals surface area contributed by atoms with Crippen LogP contribution in [0.15, 0.2) is 46.0 Å². The first-order valence-electron chi connectivity index (χ1n) is 6.37. The molecule has 0 saturated carbocycles. The van der Waals surface area contributed by atoms with Crippen molar-refractivity contribution in [2.45, 2.75) is 5.22 Å². The molecule has 0 spiro atoms. The Morgan fingerprint density at radius 1 is 1.26 bits per heavy atom. The zero-order valence-electron chi connectivity index (χ0n) is 11.5. The summed E-state index contributed by atoms with van der Waals surface area (Å²) in [5.41, 5.74) is 0.524. The molecule has 5 nitrogen and oxygen atoms in total. The minimum absolute atomic E-state index is 0.101. The molecule has 0 atom stereocenters. The number of nitrogens with zero attached hydrogens (tertiary/aromatic N) is 2. The number of carbonyl (C=O) groups is 1. The molecule has 2 aromatic heterocycles. The predicted octanol–water partition coefficient (Wildman–Crippen LogP) is 4.32. The van der Waals surface area contributed by atoms with Gasteiger partial charge in [0.05, 0.1) is 15.0 Å². The van der Waals surface area contributed by atoms with E-state index < -0.39 is 0 Å². The van der Waals surface area contributed by atoms with E-state index in [1.807, 2.05) is 0 Å². The Hall–Kier alpha value is -1.90. The highest BCUT2D eigenvalue weighted by atomic mass is 35.5. The standard InChI is InChI=1S/C14H9ClFN3O2S2/c15-11-6-5-10(23-11)13-18-19-14(21-13)22-7-12(20)17-9-3-1-8(16)2-4-9/h1-6H,7H2,(H,17,20). The van der Waals surface area contributed by atoms with Crippen LogP contribution in [0.2, 0.25) is 4.34 Å². The molecule has 0 bridgehead atoms. The van der Waals surface area contributed by atoms with Crippen LogP contribution < -0.4 is 5.32 Å². The van der Waals surface area contributed by atoms with Gasteiger partial charge < -0.3 is 9.73 Å². The van der Waals surface area contributed by atoms with E-state index in [2.05, 4.69) is 15.5 Å². The molecule has 0 radical (unpaired) electrons. The Bertz CT molecular complexity index is 820. The number of amides is 1. The molecule has 2 heterocycles. The summed E-state index contributed by atoms with van der Waals surface area (Å²) in [7, 11) is 0. The van der Waals surface area contributed by atoms with Gasteiger partial charge in [0, 0.05) is 5.69 Å². The first-order valence-corrected chi connectivity index (χ1v) is 8.55. The van der Waals surface area contributed by atoms with E-state index in [0.29, 0.717) is 21.1 Å². The zero-order chi connectivity index (χ0) is 16.2. The number of anilines is 1. The molecule has 0 unspecified atom stereocenters. The van der Waals surface area contributed by atoms with Crippen LogP contribution in [0.1, 0.15) is 0 Å². The number of halogens is 2. The van der Waals surface area contributed by atoms with Crippen LogP contribution in [0.25, 0.3) is 10.8 Å². The monoisotopic (exact) mass is 369 g/mol. The Morgan fingerprint density at radius 3 is 2.74 bits per heavy atom. The topological polar surface area (TPSA) is 68.0 Å². The Kier molecular flexibility index (Phi) is 4.94. The largest absolute Gasteiger partial charge is 0.410 e. The van der Waals surface area contributed by atoms with Crippen molar-refractivity contribution < 1.29 is 13.6 Å². The fraction of sp³-hybridized carbons (Fsp3) is 0.0714. The van der Waals surface area contributed by atoms with Crippen LogP contribution in [0.4, 0.5) is 10.1 Å². The van der Waals surface area contributed by atoms with Gasteiger partial charge in [-0.15, -0.1) is 21.5 Å². The molecule has 118 valence electrons. The van der Waals surface area contributed by atoms with Crippen molar-refractivity contribution >= 4 is 46.3 Å². The van der Waals surface area contributed by atoms with Crippen LogP contribution in [0.3, 0.4) is 0 Å². The number of hydrogen-bond acceptors (Lipinski definition) is 6. The van der Waals surface area contributed by atoms with Gasteiger partial charge >= 0.3 is 0 Å². The summed E-state index contributed by atoms with van der Waals surface area (Å²) in [5, 5.41) is 10.7. The Labute approximate surface area is 143 Å². The molecular weight excluding hydrogens is 361 g/mol. The lowest BCUT2D eigenvalue weighted by atomic mass is 10.3. The predicted molar refractivity (Wildman–Crippen MR) is 88.4 cm³/mol. The summed E-state index contributed by atoms with van der Waals surface area (Å²) in [4.78, 5) is 12.6. The molecule has 0 aliphatic carbocycles. The lowest BCUT2D eigenvalue weighted by Crippen LogP contribution is -2.13. The van der Waals surface area contributed by atoms with Crippen LogP contribution in [0.5, 0.6) is 0 Å². The minimum Gasteiger partial charge on any atom is -0.410 e. The second-order valence-corrected chi connectivity index (χ2v) is 6.96. The third-order valence-corrected chi connectivity index (χ3v) is 4.68. The van der Waals surface area contributed by atoms with Crippen molar-refractivity contribution in [3.05, 3.63) is 46.6 Å². The molecule has 1 amide bonds. The third kappa shape index (κ3) is 4.31. The number of benzene rings is 1. The van der Waals surface area contributed by atoms with Crippen molar-refractivity contribution in [3.8, 4) is 10.8 Å². The molecule has 23 heavy (non-hydrogen) atoms. The average Bonchev–Trinajstić information content (AvgIpc) is 3.16.